The first-order chi connectivity index (χ1) is 5.36. The van der Waals surface area contributed by atoms with Crippen molar-refractivity contribution in [3.05, 3.63) is 0 Å². The van der Waals surface area contributed by atoms with E-state index in [0.717, 1.165) is 18.5 Å². The number of rotatable bonds is 3. The van der Waals surface area contributed by atoms with Crippen LogP contribution in [-0.4, -0.2) is 36.4 Å². The summed E-state index contributed by atoms with van der Waals surface area (Å²) in [5.74, 6) is 1.17. The molecule has 0 bridgehead atoms. The summed E-state index contributed by atoms with van der Waals surface area (Å²) in [4.78, 5) is 0. The average Bonchev–Trinajstić information content (AvgIpc) is 2.73. The van der Waals surface area contributed by atoms with Crippen LogP contribution in [-0.2, 0) is 9.47 Å². The highest BCUT2D eigenvalue weighted by molar-refractivity contribution is 8.00. The lowest BCUT2D eigenvalue weighted by Gasteiger charge is -2.11. The first kappa shape index (κ1) is 7.90. The largest absolute Gasteiger partial charge is 0.377 e. The predicted octanol–water partition coefficient (Wildman–Crippen LogP) is 1.30. The lowest BCUT2D eigenvalue weighted by atomic mass is 10.3. The molecule has 2 nitrogen and oxygen atoms in total. The Labute approximate surface area is 71.6 Å². The van der Waals surface area contributed by atoms with Gasteiger partial charge in [0.2, 0.25) is 0 Å². The average molecular weight is 174 g/mol. The van der Waals surface area contributed by atoms with Gasteiger partial charge in [0, 0.05) is 17.6 Å². The summed E-state index contributed by atoms with van der Waals surface area (Å²) < 4.78 is 10.6. The Kier molecular flexibility index (Phi) is 2.39. The van der Waals surface area contributed by atoms with Gasteiger partial charge in [0.25, 0.3) is 0 Å². The van der Waals surface area contributed by atoms with Crippen molar-refractivity contribution in [3.63, 3.8) is 0 Å². The Morgan fingerprint density at radius 1 is 1.45 bits per heavy atom. The molecule has 3 heteroatoms. The molecule has 64 valence electrons. The Morgan fingerprint density at radius 3 is 2.82 bits per heavy atom. The number of epoxide rings is 1. The maximum atomic E-state index is 5.46. The molecule has 2 aliphatic heterocycles. The monoisotopic (exact) mass is 174 g/mol. The van der Waals surface area contributed by atoms with Crippen molar-refractivity contribution in [2.75, 3.05) is 19.0 Å². The number of thioether (sulfide) groups is 1. The van der Waals surface area contributed by atoms with Gasteiger partial charge >= 0.3 is 0 Å². The zero-order valence-electron chi connectivity index (χ0n) is 6.79. The van der Waals surface area contributed by atoms with Crippen molar-refractivity contribution < 1.29 is 9.47 Å². The molecule has 3 unspecified atom stereocenters. The molecular weight excluding hydrogens is 160 g/mol. The molecule has 0 aromatic heterocycles. The molecule has 11 heavy (non-hydrogen) atoms. The quantitative estimate of drug-likeness (QED) is 0.602. The third-order valence-electron chi connectivity index (χ3n) is 2.21. The summed E-state index contributed by atoms with van der Waals surface area (Å²) >= 11 is 2.01. The lowest BCUT2D eigenvalue weighted by Crippen LogP contribution is -2.14. The van der Waals surface area contributed by atoms with Crippen molar-refractivity contribution in [2.45, 2.75) is 30.8 Å². The second-order valence-electron chi connectivity index (χ2n) is 3.19. The molecule has 0 aromatic rings. The van der Waals surface area contributed by atoms with Gasteiger partial charge in [0.15, 0.2) is 0 Å². The van der Waals surface area contributed by atoms with E-state index in [1.165, 1.54) is 12.2 Å². The van der Waals surface area contributed by atoms with E-state index in [1.54, 1.807) is 0 Å². The Balaban J connectivity index is 1.67. The third-order valence-corrected chi connectivity index (χ3v) is 3.82. The summed E-state index contributed by atoms with van der Waals surface area (Å²) in [7, 11) is 0. The molecular formula is C8H14O2S. The highest BCUT2D eigenvalue weighted by Gasteiger charge is 2.29. The lowest BCUT2D eigenvalue weighted by molar-refractivity contribution is 0.127. The van der Waals surface area contributed by atoms with Crippen LogP contribution >= 0.6 is 11.8 Å². The van der Waals surface area contributed by atoms with Crippen LogP contribution < -0.4 is 0 Å². The number of hydrogen-bond donors (Lipinski definition) is 0. The Hall–Kier alpha value is 0.270. The molecule has 0 saturated carbocycles. The fourth-order valence-electron chi connectivity index (χ4n) is 1.33. The van der Waals surface area contributed by atoms with Gasteiger partial charge < -0.3 is 9.47 Å². The van der Waals surface area contributed by atoms with E-state index in [1.807, 2.05) is 11.8 Å². The van der Waals surface area contributed by atoms with Crippen molar-refractivity contribution in [1.82, 2.24) is 0 Å². The first-order valence-corrected chi connectivity index (χ1v) is 5.26. The van der Waals surface area contributed by atoms with Crippen LogP contribution in [0.1, 0.15) is 13.3 Å². The summed E-state index contributed by atoms with van der Waals surface area (Å²) in [5, 5.41) is 0.721. The van der Waals surface area contributed by atoms with Crippen LogP contribution in [0, 0.1) is 0 Å². The molecule has 2 aliphatic rings. The molecule has 2 saturated heterocycles. The molecule has 2 rings (SSSR count). The predicted molar refractivity (Wildman–Crippen MR) is 46.0 cm³/mol. The standard InChI is InChI=1S/C8H14O2S/c1-6-8(2-3-9-6)11-5-7-4-10-7/h6-8H,2-5H2,1H3. The maximum Gasteiger partial charge on any atom is 0.0900 e. The summed E-state index contributed by atoms with van der Waals surface area (Å²) in [6.45, 7) is 4.09. The summed E-state index contributed by atoms with van der Waals surface area (Å²) in [5.41, 5.74) is 0. The summed E-state index contributed by atoms with van der Waals surface area (Å²) in [6.07, 6.45) is 2.24. The van der Waals surface area contributed by atoms with Gasteiger partial charge in [-0.15, -0.1) is 0 Å². The molecule has 0 amide bonds. The minimum Gasteiger partial charge on any atom is -0.377 e. The highest BCUT2D eigenvalue weighted by atomic mass is 32.2. The van der Waals surface area contributed by atoms with Crippen LogP contribution in [0.25, 0.3) is 0 Å². The first-order valence-electron chi connectivity index (χ1n) is 4.21. The van der Waals surface area contributed by atoms with Crippen LogP contribution in [0.2, 0.25) is 0 Å². The third kappa shape index (κ3) is 2.10. The van der Waals surface area contributed by atoms with Gasteiger partial charge in [-0.05, 0) is 13.3 Å². The normalized spacial score (nSPS) is 42.8. The zero-order valence-corrected chi connectivity index (χ0v) is 7.60. The van der Waals surface area contributed by atoms with E-state index in [9.17, 15) is 0 Å². The molecule has 0 aliphatic carbocycles. The van der Waals surface area contributed by atoms with E-state index in [-0.39, 0.29) is 0 Å². The smallest absolute Gasteiger partial charge is 0.0900 e. The Bertz CT molecular complexity index is 136. The topological polar surface area (TPSA) is 21.8 Å². The van der Waals surface area contributed by atoms with Gasteiger partial charge in [-0.3, -0.25) is 0 Å². The van der Waals surface area contributed by atoms with Crippen LogP contribution in [0.15, 0.2) is 0 Å². The fourth-order valence-corrected chi connectivity index (χ4v) is 2.59. The van der Waals surface area contributed by atoms with Crippen LogP contribution in [0.4, 0.5) is 0 Å². The van der Waals surface area contributed by atoms with E-state index in [4.69, 9.17) is 9.47 Å². The minimum atomic E-state index is 0.457. The number of hydrogen-bond acceptors (Lipinski definition) is 3. The molecule has 0 aromatic carbocycles. The van der Waals surface area contributed by atoms with E-state index in [0.29, 0.717) is 12.2 Å². The van der Waals surface area contributed by atoms with Crippen molar-refractivity contribution in [1.29, 1.82) is 0 Å². The second kappa shape index (κ2) is 3.33. The van der Waals surface area contributed by atoms with Gasteiger partial charge in [-0.2, -0.15) is 11.8 Å². The number of ether oxygens (including phenoxy) is 2. The maximum absolute atomic E-state index is 5.46. The zero-order chi connectivity index (χ0) is 7.68. The molecule has 0 spiro atoms. The SMILES string of the molecule is CC1OCCC1SCC1CO1. The molecule has 0 radical (unpaired) electrons. The van der Waals surface area contributed by atoms with Gasteiger partial charge in [0.1, 0.15) is 0 Å². The molecule has 3 atom stereocenters. The van der Waals surface area contributed by atoms with Crippen LogP contribution in [0.5, 0.6) is 0 Å². The molecule has 0 N–H and O–H groups in total. The highest BCUT2D eigenvalue weighted by Crippen LogP contribution is 2.29. The van der Waals surface area contributed by atoms with Crippen molar-refractivity contribution >= 4 is 11.8 Å². The molecule has 2 fully saturated rings. The molecule has 2 heterocycles. The fraction of sp³-hybridized carbons (Fsp3) is 1.00. The van der Waals surface area contributed by atoms with Crippen molar-refractivity contribution in [2.24, 2.45) is 0 Å². The summed E-state index contributed by atoms with van der Waals surface area (Å²) in [6, 6.07) is 0. The van der Waals surface area contributed by atoms with Crippen LogP contribution in [0.3, 0.4) is 0 Å². The minimum absolute atomic E-state index is 0.457. The van der Waals surface area contributed by atoms with Gasteiger partial charge in [-0.1, -0.05) is 0 Å². The van der Waals surface area contributed by atoms with E-state index in [2.05, 4.69) is 6.92 Å². The van der Waals surface area contributed by atoms with E-state index >= 15 is 0 Å². The van der Waals surface area contributed by atoms with Gasteiger partial charge in [-0.25, -0.2) is 0 Å². The van der Waals surface area contributed by atoms with E-state index < -0.39 is 0 Å². The van der Waals surface area contributed by atoms with Crippen molar-refractivity contribution in [3.8, 4) is 0 Å². The van der Waals surface area contributed by atoms with Gasteiger partial charge in [0.05, 0.1) is 18.8 Å². The Morgan fingerprint density at radius 2 is 2.27 bits per heavy atom. The second-order valence-corrected chi connectivity index (χ2v) is 4.46.